The van der Waals surface area contributed by atoms with Gasteiger partial charge in [-0.15, -0.1) is 17.2 Å². The summed E-state index contributed by atoms with van der Waals surface area (Å²) >= 11 is 0. The van der Waals surface area contributed by atoms with Gasteiger partial charge >= 0.3 is 0 Å². The van der Waals surface area contributed by atoms with E-state index in [0.29, 0.717) is 23.7 Å². The van der Waals surface area contributed by atoms with Crippen LogP contribution in [0.3, 0.4) is 0 Å². The van der Waals surface area contributed by atoms with Crippen molar-refractivity contribution in [2.24, 2.45) is 35.5 Å². The van der Waals surface area contributed by atoms with Gasteiger partial charge in [-0.1, -0.05) is 0 Å². The molecule has 4 rings (SSSR count). The summed E-state index contributed by atoms with van der Waals surface area (Å²) in [6.07, 6.45) is 21.9. The summed E-state index contributed by atoms with van der Waals surface area (Å²) < 4.78 is 0. The van der Waals surface area contributed by atoms with E-state index < -0.39 is 0 Å². The molecule has 0 bridgehead atoms. The molecule has 10 atom stereocenters. The Morgan fingerprint density at radius 3 is 1.03 bits per heavy atom. The van der Waals surface area contributed by atoms with Crippen LogP contribution in [0.25, 0.3) is 0 Å². The third kappa shape index (κ3) is 8.86. The van der Waals surface area contributed by atoms with Gasteiger partial charge in [0.05, 0.1) is 24.4 Å². The first-order valence-corrected chi connectivity index (χ1v) is 18.0. The molecule has 4 saturated carbocycles. The van der Waals surface area contributed by atoms with Gasteiger partial charge in [-0.3, -0.25) is 0 Å². The maximum absolute atomic E-state index is 10.1. The zero-order chi connectivity index (χ0) is 24.6. The van der Waals surface area contributed by atoms with E-state index in [-0.39, 0.29) is 24.4 Å². The molecule has 0 aliphatic heterocycles. The Morgan fingerprint density at radius 2 is 0.771 bits per heavy atom. The van der Waals surface area contributed by atoms with Crippen LogP contribution in [-0.4, -0.2) is 69.5 Å². The van der Waals surface area contributed by atoms with Gasteiger partial charge in [-0.2, -0.15) is 0 Å². The van der Waals surface area contributed by atoms with Crippen LogP contribution in [0.4, 0.5) is 0 Å². The van der Waals surface area contributed by atoms with Crippen LogP contribution in [0.15, 0.2) is 0 Å². The lowest BCUT2D eigenvalue weighted by atomic mass is 9.78. The van der Waals surface area contributed by atoms with Gasteiger partial charge in [0.2, 0.25) is 0 Å². The number of aliphatic hydroxyl groups excluding tert-OH is 4. The molecule has 0 spiro atoms. The topological polar surface area (TPSA) is 80.9 Å². The summed E-state index contributed by atoms with van der Waals surface area (Å²) in [6.45, 7) is 0. The van der Waals surface area contributed by atoms with Gasteiger partial charge < -0.3 is 20.4 Å². The lowest BCUT2D eigenvalue weighted by molar-refractivity contribution is 0.142. The molecular weight excluding hydrogens is 474 g/mol. The Morgan fingerprint density at radius 1 is 0.457 bits per heavy atom. The highest BCUT2D eigenvalue weighted by molar-refractivity contribution is 7.39. The average Bonchev–Trinajstić information content (AvgIpc) is 3.63. The highest BCUT2D eigenvalue weighted by Gasteiger charge is 2.38. The predicted molar refractivity (Wildman–Crippen MR) is 150 cm³/mol. The molecule has 6 heteroatoms. The van der Waals surface area contributed by atoms with Crippen molar-refractivity contribution < 1.29 is 20.4 Å². The largest absolute Gasteiger partial charge is 0.393 e. The molecule has 0 aromatic carbocycles. The van der Waals surface area contributed by atoms with Crippen LogP contribution in [-0.2, 0) is 0 Å². The van der Waals surface area contributed by atoms with Crippen molar-refractivity contribution >= 4 is 17.2 Å². The summed E-state index contributed by atoms with van der Waals surface area (Å²) in [7, 11) is 2.16. The monoisotopic (exact) mass is 528 g/mol. The summed E-state index contributed by atoms with van der Waals surface area (Å²) in [5.74, 6) is 4.25. The minimum Gasteiger partial charge on any atom is -0.393 e. The van der Waals surface area contributed by atoms with Crippen LogP contribution in [0.5, 0.6) is 0 Å². The van der Waals surface area contributed by atoms with Crippen LogP contribution >= 0.6 is 17.2 Å². The predicted octanol–water partition coefficient (Wildman–Crippen LogP) is 5.39. The van der Waals surface area contributed by atoms with Gasteiger partial charge in [-0.25, -0.2) is 0 Å². The van der Waals surface area contributed by atoms with Crippen molar-refractivity contribution in [1.29, 1.82) is 0 Å². The van der Waals surface area contributed by atoms with Gasteiger partial charge in [0.15, 0.2) is 0 Å². The Balaban J connectivity index is 1.09. The number of aliphatic hydroxyl groups is 4. The van der Waals surface area contributed by atoms with E-state index >= 15 is 0 Å². The van der Waals surface area contributed by atoms with E-state index in [9.17, 15) is 20.4 Å². The Hall–Kier alpha value is 0.700. The maximum Gasteiger partial charge on any atom is 0.0543 e. The third-order valence-corrected chi connectivity index (χ3v) is 12.9. The van der Waals surface area contributed by atoms with Crippen LogP contribution in [0.1, 0.15) is 96.3 Å². The molecule has 0 aromatic heterocycles. The summed E-state index contributed by atoms with van der Waals surface area (Å²) in [6, 6.07) is 0. The fourth-order valence-corrected chi connectivity index (χ4v) is 11.1. The lowest BCUT2D eigenvalue weighted by Gasteiger charge is -2.29. The summed E-state index contributed by atoms with van der Waals surface area (Å²) in [5, 5.41) is 40.3. The second kappa shape index (κ2) is 14.7. The van der Waals surface area contributed by atoms with Crippen LogP contribution < -0.4 is 0 Å². The molecule has 0 amide bonds. The highest BCUT2D eigenvalue weighted by Crippen LogP contribution is 2.45. The molecule has 4 aliphatic rings. The molecule has 204 valence electrons. The third-order valence-electron chi connectivity index (χ3n) is 10.2. The zero-order valence-electron chi connectivity index (χ0n) is 22.0. The molecule has 35 heavy (non-hydrogen) atoms. The van der Waals surface area contributed by atoms with Crippen molar-refractivity contribution in [3.8, 4) is 0 Å². The van der Waals surface area contributed by atoms with E-state index in [2.05, 4.69) is 0 Å². The Bertz CT molecular complexity index is 517. The SMILES string of the molecule is OC1CCC(C(CCPCCCPCCC(C2CCC(O)C2)C2CCC(O)C2)C2CCC(O)C2)C1. The van der Waals surface area contributed by atoms with Gasteiger partial charge in [0.1, 0.15) is 0 Å². The van der Waals surface area contributed by atoms with E-state index in [0.717, 1.165) is 80.4 Å². The van der Waals surface area contributed by atoms with Gasteiger partial charge in [0.25, 0.3) is 0 Å². The molecule has 0 heterocycles. The van der Waals surface area contributed by atoms with E-state index in [1.807, 2.05) is 0 Å². The van der Waals surface area contributed by atoms with E-state index in [1.54, 1.807) is 0 Å². The fraction of sp³-hybridized carbons (Fsp3) is 1.00. The van der Waals surface area contributed by atoms with Crippen molar-refractivity contribution in [3.05, 3.63) is 0 Å². The smallest absolute Gasteiger partial charge is 0.0543 e. The minimum atomic E-state index is -0.0747. The van der Waals surface area contributed by atoms with Crippen LogP contribution in [0, 0.1) is 35.5 Å². The van der Waals surface area contributed by atoms with Gasteiger partial charge in [0, 0.05) is 0 Å². The van der Waals surface area contributed by atoms with Crippen molar-refractivity contribution in [2.45, 2.75) is 121 Å². The summed E-state index contributed by atoms with van der Waals surface area (Å²) in [4.78, 5) is 0. The van der Waals surface area contributed by atoms with E-state index in [1.165, 1.54) is 69.6 Å². The average molecular weight is 529 g/mol. The molecule has 4 nitrogen and oxygen atoms in total. The second-order valence-corrected chi connectivity index (χ2v) is 15.7. The molecule has 10 unspecified atom stereocenters. The van der Waals surface area contributed by atoms with Crippen molar-refractivity contribution in [1.82, 2.24) is 0 Å². The number of hydrogen-bond donors (Lipinski definition) is 4. The quantitative estimate of drug-likeness (QED) is 0.180. The summed E-state index contributed by atoms with van der Waals surface area (Å²) in [5.41, 5.74) is 0. The molecule has 4 aliphatic carbocycles. The lowest BCUT2D eigenvalue weighted by Crippen LogP contribution is -2.22. The molecule has 0 aromatic rings. The Labute approximate surface area is 218 Å². The van der Waals surface area contributed by atoms with Gasteiger partial charge in [-0.05, 0) is 156 Å². The Kier molecular flexibility index (Phi) is 12.1. The highest BCUT2D eigenvalue weighted by atomic mass is 31.1. The molecule has 4 fully saturated rings. The first-order valence-electron chi connectivity index (χ1n) is 15.1. The number of rotatable bonds is 14. The first kappa shape index (κ1) is 28.7. The first-order chi connectivity index (χ1) is 17.0. The van der Waals surface area contributed by atoms with E-state index in [4.69, 9.17) is 0 Å². The van der Waals surface area contributed by atoms with Crippen molar-refractivity contribution in [3.63, 3.8) is 0 Å². The minimum absolute atomic E-state index is 0.0747. The molecular formula is C29H54O4P2. The fourth-order valence-electron chi connectivity index (χ4n) is 8.36. The standard InChI is InChI=1S/C29H54O4P2/c30-24-6-2-20(16-24)28(21-3-7-25(31)17-21)10-14-34-12-1-13-35-15-11-29(22-4-8-26(32)18-22)23-5-9-27(33)19-23/h20-35H,1-19H2. The zero-order valence-corrected chi connectivity index (χ0v) is 24.0. The number of hydrogen-bond acceptors (Lipinski definition) is 4. The molecule has 0 radical (unpaired) electrons. The molecule has 0 saturated heterocycles. The van der Waals surface area contributed by atoms with Crippen molar-refractivity contribution in [2.75, 3.05) is 24.6 Å². The van der Waals surface area contributed by atoms with Crippen LogP contribution in [0.2, 0.25) is 0 Å². The molecule has 4 N–H and O–H groups in total. The maximum atomic E-state index is 10.1. The second-order valence-electron chi connectivity index (χ2n) is 12.7. The normalized spacial score (nSPS) is 40.1.